The van der Waals surface area contributed by atoms with Crippen molar-refractivity contribution in [3.63, 3.8) is 0 Å². The Kier molecular flexibility index (Phi) is 3.93. The van der Waals surface area contributed by atoms with Crippen LogP contribution >= 0.6 is 0 Å². The Bertz CT molecular complexity index is 184. The zero-order valence-electron chi connectivity index (χ0n) is 9.66. The molecule has 1 saturated carbocycles. The first-order chi connectivity index (χ1) is 6.48. The third-order valence-electron chi connectivity index (χ3n) is 3.56. The standard InChI is InChI=1S/C11H24N2O/c1-9(2)13(3)10-5-4-6-11(12,7-10)8-14/h9-10,14H,4-8,12H2,1-3H3. The van der Waals surface area contributed by atoms with E-state index in [2.05, 4.69) is 25.8 Å². The highest BCUT2D eigenvalue weighted by molar-refractivity contribution is 4.93. The minimum atomic E-state index is -0.327. The van der Waals surface area contributed by atoms with Gasteiger partial charge in [0.05, 0.1) is 6.61 Å². The molecule has 0 saturated heterocycles. The van der Waals surface area contributed by atoms with Crippen LogP contribution in [0.5, 0.6) is 0 Å². The second-order valence-electron chi connectivity index (χ2n) is 5.03. The van der Waals surface area contributed by atoms with E-state index >= 15 is 0 Å². The molecule has 84 valence electrons. The van der Waals surface area contributed by atoms with Gasteiger partial charge in [-0.25, -0.2) is 0 Å². The van der Waals surface area contributed by atoms with Crippen molar-refractivity contribution in [2.75, 3.05) is 13.7 Å². The molecule has 0 heterocycles. The summed E-state index contributed by atoms with van der Waals surface area (Å²) < 4.78 is 0. The Hall–Kier alpha value is -0.120. The third-order valence-corrected chi connectivity index (χ3v) is 3.56. The van der Waals surface area contributed by atoms with Crippen molar-refractivity contribution in [1.82, 2.24) is 4.90 Å². The summed E-state index contributed by atoms with van der Waals surface area (Å²) in [5.41, 5.74) is 5.78. The van der Waals surface area contributed by atoms with Crippen molar-refractivity contribution < 1.29 is 5.11 Å². The smallest absolute Gasteiger partial charge is 0.0611 e. The largest absolute Gasteiger partial charge is 0.394 e. The topological polar surface area (TPSA) is 49.5 Å². The van der Waals surface area contributed by atoms with Crippen molar-refractivity contribution in [2.45, 2.75) is 57.2 Å². The van der Waals surface area contributed by atoms with E-state index in [4.69, 9.17) is 5.73 Å². The first kappa shape index (κ1) is 12.0. The van der Waals surface area contributed by atoms with Gasteiger partial charge in [0.2, 0.25) is 0 Å². The highest BCUT2D eigenvalue weighted by atomic mass is 16.3. The summed E-state index contributed by atoms with van der Waals surface area (Å²) in [7, 11) is 2.15. The normalized spacial score (nSPS) is 34.1. The molecular weight excluding hydrogens is 176 g/mol. The van der Waals surface area contributed by atoms with Crippen LogP contribution in [-0.2, 0) is 0 Å². The zero-order valence-corrected chi connectivity index (χ0v) is 9.66. The van der Waals surface area contributed by atoms with Crippen LogP contribution in [0.1, 0.15) is 39.5 Å². The van der Waals surface area contributed by atoms with Crippen molar-refractivity contribution in [1.29, 1.82) is 0 Å². The number of nitrogens with zero attached hydrogens (tertiary/aromatic N) is 1. The SMILES string of the molecule is CC(C)N(C)C1CCCC(N)(CO)C1. The summed E-state index contributed by atoms with van der Waals surface area (Å²) in [6.07, 6.45) is 4.25. The molecule has 0 aromatic rings. The second kappa shape index (κ2) is 4.60. The van der Waals surface area contributed by atoms with Gasteiger partial charge in [-0.3, -0.25) is 0 Å². The van der Waals surface area contributed by atoms with Gasteiger partial charge < -0.3 is 15.7 Å². The van der Waals surface area contributed by atoms with E-state index in [1.165, 1.54) is 6.42 Å². The maximum atomic E-state index is 9.24. The number of hydrogen-bond acceptors (Lipinski definition) is 3. The lowest BCUT2D eigenvalue weighted by molar-refractivity contribution is 0.0804. The Morgan fingerprint density at radius 1 is 1.57 bits per heavy atom. The molecule has 0 aliphatic heterocycles. The summed E-state index contributed by atoms with van der Waals surface area (Å²) in [6, 6.07) is 1.10. The highest BCUT2D eigenvalue weighted by Gasteiger charge is 2.34. The fourth-order valence-electron chi connectivity index (χ4n) is 2.28. The Balaban J connectivity index is 2.56. The van der Waals surface area contributed by atoms with E-state index in [0.29, 0.717) is 12.1 Å². The quantitative estimate of drug-likeness (QED) is 0.713. The number of rotatable bonds is 3. The fraction of sp³-hybridized carbons (Fsp3) is 1.00. The van der Waals surface area contributed by atoms with Crippen LogP contribution in [0.4, 0.5) is 0 Å². The van der Waals surface area contributed by atoms with Gasteiger partial charge in [0.1, 0.15) is 0 Å². The van der Waals surface area contributed by atoms with Crippen molar-refractivity contribution in [2.24, 2.45) is 5.73 Å². The average Bonchev–Trinajstić information content (AvgIpc) is 2.16. The van der Waals surface area contributed by atoms with Gasteiger partial charge in [0, 0.05) is 17.6 Å². The number of nitrogens with two attached hydrogens (primary N) is 1. The zero-order chi connectivity index (χ0) is 10.8. The van der Waals surface area contributed by atoms with Gasteiger partial charge >= 0.3 is 0 Å². The Morgan fingerprint density at radius 3 is 2.71 bits per heavy atom. The van der Waals surface area contributed by atoms with Gasteiger partial charge in [-0.05, 0) is 46.6 Å². The first-order valence-electron chi connectivity index (χ1n) is 5.60. The lowest BCUT2D eigenvalue weighted by Crippen LogP contribution is -2.53. The van der Waals surface area contributed by atoms with E-state index < -0.39 is 0 Å². The average molecular weight is 200 g/mol. The van der Waals surface area contributed by atoms with Crippen molar-refractivity contribution >= 4 is 0 Å². The molecule has 0 bridgehead atoms. The summed E-state index contributed by atoms with van der Waals surface area (Å²) in [5.74, 6) is 0. The molecular formula is C11H24N2O. The lowest BCUT2D eigenvalue weighted by Gasteiger charge is -2.42. The first-order valence-corrected chi connectivity index (χ1v) is 5.60. The molecule has 0 aromatic carbocycles. The van der Waals surface area contributed by atoms with Gasteiger partial charge in [-0.1, -0.05) is 0 Å². The van der Waals surface area contributed by atoms with E-state index in [9.17, 15) is 5.11 Å². The van der Waals surface area contributed by atoms with E-state index in [1.807, 2.05) is 0 Å². The molecule has 0 aromatic heterocycles. The highest BCUT2D eigenvalue weighted by Crippen LogP contribution is 2.29. The molecule has 1 fully saturated rings. The summed E-state index contributed by atoms with van der Waals surface area (Å²) in [5, 5.41) is 9.24. The van der Waals surface area contributed by atoms with Crippen molar-refractivity contribution in [3.05, 3.63) is 0 Å². The lowest BCUT2D eigenvalue weighted by atomic mass is 9.79. The number of aliphatic hydroxyl groups excluding tert-OH is 1. The molecule has 2 atom stereocenters. The van der Waals surface area contributed by atoms with E-state index in [-0.39, 0.29) is 12.1 Å². The molecule has 14 heavy (non-hydrogen) atoms. The maximum Gasteiger partial charge on any atom is 0.0611 e. The summed E-state index contributed by atoms with van der Waals surface area (Å²) >= 11 is 0. The van der Waals surface area contributed by atoms with E-state index in [0.717, 1.165) is 19.3 Å². The summed E-state index contributed by atoms with van der Waals surface area (Å²) in [4.78, 5) is 2.37. The van der Waals surface area contributed by atoms with Crippen LogP contribution in [0, 0.1) is 0 Å². The minimum Gasteiger partial charge on any atom is -0.394 e. The monoisotopic (exact) mass is 200 g/mol. The van der Waals surface area contributed by atoms with Crippen LogP contribution in [0.2, 0.25) is 0 Å². The predicted octanol–water partition coefficient (Wildman–Crippen LogP) is 0.959. The van der Waals surface area contributed by atoms with E-state index in [1.54, 1.807) is 0 Å². The van der Waals surface area contributed by atoms with Crippen LogP contribution in [0.25, 0.3) is 0 Å². The maximum absolute atomic E-state index is 9.24. The van der Waals surface area contributed by atoms with Gasteiger partial charge in [0.15, 0.2) is 0 Å². The van der Waals surface area contributed by atoms with Gasteiger partial charge in [0.25, 0.3) is 0 Å². The molecule has 1 rings (SSSR count). The van der Waals surface area contributed by atoms with Crippen molar-refractivity contribution in [3.8, 4) is 0 Å². The second-order valence-corrected chi connectivity index (χ2v) is 5.03. The molecule has 2 unspecified atom stereocenters. The van der Waals surface area contributed by atoms with Gasteiger partial charge in [-0.15, -0.1) is 0 Å². The Labute approximate surface area is 87.3 Å². The molecule has 0 spiro atoms. The Morgan fingerprint density at radius 2 is 2.21 bits per heavy atom. The molecule has 1 aliphatic carbocycles. The third kappa shape index (κ3) is 2.69. The molecule has 3 N–H and O–H groups in total. The molecule has 3 heteroatoms. The molecule has 0 amide bonds. The predicted molar refractivity (Wildman–Crippen MR) is 59.2 cm³/mol. The number of aliphatic hydroxyl groups is 1. The molecule has 1 aliphatic rings. The number of hydrogen-bond donors (Lipinski definition) is 2. The van der Waals surface area contributed by atoms with Crippen LogP contribution in [-0.4, -0.2) is 41.3 Å². The van der Waals surface area contributed by atoms with Crippen LogP contribution < -0.4 is 5.73 Å². The minimum absolute atomic E-state index is 0.120. The summed E-state index contributed by atoms with van der Waals surface area (Å²) in [6.45, 7) is 4.52. The fourth-order valence-corrected chi connectivity index (χ4v) is 2.28. The molecule has 3 nitrogen and oxygen atoms in total. The van der Waals surface area contributed by atoms with Crippen LogP contribution in [0.15, 0.2) is 0 Å². The van der Waals surface area contributed by atoms with Crippen LogP contribution in [0.3, 0.4) is 0 Å². The molecule has 0 radical (unpaired) electrons. The van der Waals surface area contributed by atoms with Gasteiger partial charge in [-0.2, -0.15) is 0 Å².